The molecular formula is C22H28N4O2S. The van der Waals surface area contributed by atoms with E-state index in [0.29, 0.717) is 19.5 Å². The summed E-state index contributed by atoms with van der Waals surface area (Å²) in [5.74, 6) is 0.203. The number of nitrogens with one attached hydrogen (secondary N) is 1. The van der Waals surface area contributed by atoms with Gasteiger partial charge in [-0.25, -0.2) is 4.79 Å². The van der Waals surface area contributed by atoms with Crippen molar-refractivity contribution in [3.63, 3.8) is 0 Å². The number of anilines is 1. The van der Waals surface area contributed by atoms with Crippen molar-refractivity contribution < 1.29 is 9.59 Å². The molecule has 2 aliphatic rings. The molecule has 3 heterocycles. The summed E-state index contributed by atoms with van der Waals surface area (Å²) in [6.07, 6.45) is 0.511. The van der Waals surface area contributed by atoms with E-state index in [1.165, 1.54) is 4.88 Å². The second-order valence-corrected chi connectivity index (χ2v) is 9.12. The van der Waals surface area contributed by atoms with Crippen LogP contribution in [0.3, 0.4) is 0 Å². The van der Waals surface area contributed by atoms with Crippen LogP contribution in [-0.4, -0.2) is 65.9 Å². The predicted molar refractivity (Wildman–Crippen MR) is 116 cm³/mol. The van der Waals surface area contributed by atoms with E-state index < -0.39 is 0 Å². The fourth-order valence-corrected chi connectivity index (χ4v) is 5.23. The van der Waals surface area contributed by atoms with E-state index in [2.05, 4.69) is 27.7 Å². The molecule has 2 fully saturated rings. The molecular weight excluding hydrogens is 384 g/mol. The number of rotatable bonds is 4. The van der Waals surface area contributed by atoms with Crippen LogP contribution in [0, 0.1) is 5.41 Å². The molecule has 6 nitrogen and oxygen atoms in total. The number of amides is 3. The van der Waals surface area contributed by atoms with Crippen LogP contribution in [0.5, 0.6) is 0 Å². The largest absolute Gasteiger partial charge is 0.342 e. The van der Waals surface area contributed by atoms with E-state index in [4.69, 9.17) is 0 Å². The summed E-state index contributed by atoms with van der Waals surface area (Å²) >= 11 is 1.76. The third kappa shape index (κ3) is 4.62. The van der Waals surface area contributed by atoms with Gasteiger partial charge in [-0.3, -0.25) is 9.69 Å². The fourth-order valence-electron chi connectivity index (χ4n) is 4.49. The Kier molecular flexibility index (Phi) is 5.87. The first-order valence-electron chi connectivity index (χ1n) is 10.2. The summed E-state index contributed by atoms with van der Waals surface area (Å²) < 4.78 is 0. The Morgan fingerprint density at radius 2 is 1.93 bits per heavy atom. The highest BCUT2D eigenvalue weighted by molar-refractivity contribution is 7.09. The van der Waals surface area contributed by atoms with Crippen molar-refractivity contribution in [2.75, 3.05) is 44.6 Å². The molecule has 0 bridgehead atoms. The molecule has 1 aromatic heterocycles. The lowest BCUT2D eigenvalue weighted by molar-refractivity contribution is -0.127. The van der Waals surface area contributed by atoms with Gasteiger partial charge >= 0.3 is 6.03 Å². The molecule has 2 aliphatic heterocycles. The molecule has 3 amide bonds. The minimum Gasteiger partial charge on any atom is -0.342 e. The highest BCUT2D eigenvalue weighted by Crippen LogP contribution is 2.35. The van der Waals surface area contributed by atoms with Crippen molar-refractivity contribution in [1.82, 2.24) is 14.7 Å². The quantitative estimate of drug-likeness (QED) is 0.838. The number of benzene rings is 1. The Balaban J connectivity index is 1.53. The molecule has 1 spiro atoms. The summed E-state index contributed by atoms with van der Waals surface area (Å²) in [5.41, 5.74) is 0.582. The van der Waals surface area contributed by atoms with Gasteiger partial charge in [0.15, 0.2) is 0 Å². The van der Waals surface area contributed by atoms with Crippen molar-refractivity contribution in [2.45, 2.75) is 19.9 Å². The van der Waals surface area contributed by atoms with Gasteiger partial charge < -0.3 is 15.1 Å². The zero-order valence-electron chi connectivity index (χ0n) is 16.8. The zero-order valence-corrected chi connectivity index (χ0v) is 17.7. The standard InChI is InChI=1S/C22H28N4O2S/c1-2-25-16-22(13-20(25)27)15-24(14-19-9-6-12-29-19)10-11-26(17-22)21(28)23-18-7-4-3-5-8-18/h3-9,12H,2,10-11,13-17H2,1H3,(H,23,28)/t22-/m0/s1. The van der Waals surface area contributed by atoms with Gasteiger partial charge in [0.05, 0.1) is 0 Å². The summed E-state index contributed by atoms with van der Waals surface area (Å²) in [4.78, 5) is 33.1. The monoisotopic (exact) mass is 412 g/mol. The second-order valence-electron chi connectivity index (χ2n) is 8.09. The van der Waals surface area contributed by atoms with Gasteiger partial charge in [0.2, 0.25) is 5.91 Å². The molecule has 2 aromatic rings. The average molecular weight is 413 g/mol. The number of likely N-dealkylation sites (tertiary alicyclic amines) is 1. The summed E-state index contributed by atoms with van der Waals surface area (Å²) in [6.45, 7) is 7.25. The Bertz CT molecular complexity index is 842. The number of hydrogen-bond acceptors (Lipinski definition) is 4. The van der Waals surface area contributed by atoms with Crippen molar-refractivity contribution in [1.29, 1.82) is 0 Å². The summed E-state index contributed by atoms with van der Waals surface area (Å²) in [6, 6.07) is 13.7. The first-order valence-corrected chi connectivity index (χ1v) is 11.1. The van der Waals surface area contributed by atoms with Crippen LogP contribution in [0.15, 0.2) is 47.8 Å². The van der Waals surface area contributed by atoms with Crippen LogP contribution in [0.2, 0.25) is 0 Å². The van der Waals surface area contributed by atoms with Gasteiger partial charge in [-0.1, -0.05) is 24.3 Å². The van der Waals surface area contributed by atoms with E-state index in [1.807, 2.05) is 47.1 Å². The van der Waals surface area contributed by atoms with Crippen LogP contribution < -0.4 is 5.32 Å². The molecule has 0 saturated carbocycles. The molecule has 1 N–H and O–H groups in total. The molecule has 29 heavy (non-hydrogen) atoms. The molecule has 1 aromatic carbocycles. The summed E-state index contributed by atoms with van der Waals surface area (Å²) in [7, 11) is 0. The van der Waals surface area contributed by atoms with Crippen molar-refractivity contribution in [2.24, 2.45) is 5.41 Å². The van der Waals surface area contributed by atoms with Gasteiger partial charge in [0, 0.05) is 68.2 Å². The van der Waals surface area contributed by atoms with E-state index in [0.717, 1.165) is 38.4 Å². The lowest BCUT2D eigenvalue weighted by Gasteiger charge is -2.33. The first-order chi connectivity index (χ1) is 14.1. The topological polar surface area (TPSA) is 55.9 Å². The normalized spacial score (nSPS) is 22.9. The molecule has 0 aliphatic carbocycles. The van der Waals surface area contributed by atoms with Crippen molar-refractivity contribution in [3.8, 4) is 0 Å². The third-order valence-electron chi connectivity index (χ3n) is 5.83. The van der Waals surface area contributed by atoms with E-state index >= 15 is 0 Å². The van der Waals surface area contributed by atoms with Gasteiger partial charge in [0.1, 0.15) is 0 Å². The second kappa shape index (κ2) is 8.55. The number of carbonyl (C=O) groups excluding carboxylic acids is 2. The highest BCUT2D eigenvalue weighted by atomic mass is 32.1. The molecule has 1 atom stereocenters. The third-order valence-corrected chi connectivity index (χ3v) is 6.69. The number of hydrogen-bond donors (Lipinski definition) is 1. The Morgan fingerprint density at radius 3 is 2.62 bits per heavy atom. The smallest absolute Gasteiger partial charge is 0.321 e. The van der Waals surface area contributed by atoms with E-state index in [9.17, 15) is 9.59 Å². The zero-order chi connectivity index (χ0) is 20.3. The van der Waals surface area contributed by atoms with E-state index in [-0.39, 0.29) is 17.4 Å². The Labute approximate surface area is 176 Å². The van der Waals surface area contributed by atoms with Gasteiger partial charge in [-0.05, 0) is 30.5 Å². The minimum atomic E-state index is -0.213. The molecule has 154 valence electrons. The molecule has 0 unspecified atom stereocenters. The average Bonchev–Trinajstić information content (AvgIpc) is 3.28. The number of urea groups is 1. The molecule has 4 rings (SSSR count). The Hall–Kier alpha value is -2.38. The lowest BCUT2D eigenvalue weighted by atomic mass is 9.86. The fraction of sp³-hybridized carbons (Fsp3) is 0.455. The number of thiophene rings is 1. The van der Waals surface area contributed by atoms with Crippen molar-refractivity contribution in [3.05, 3.63) is 52.7 Å². The van der Waals surface area contributed by atoms with Gasteiger partial charge in [-0.15, -0.1) is 11.3 Å². The van der Waals surface area contributed by atoms with Crippen molar-refractivity contribution >= 4 is 29.0 Å². The minimum absolute atomic E-state index is 0.0871. The lowest BCUT2D eigenvalue weighted by Crippen LogP contribution is -2.45. The van der Waals surface area contributed by atoms with Crippen LogP contribution in [0.4, 0.5) is 10.5 Å². The van der Waals surface area contributed by atoms with Crippen LogP contribution in [0.25, 0.3) is 0 Å². The van der Waals surface area contributed by atoms with Crippen LogP contribution in [0.1, 0.15) is 18.2 Å². The highest BCUT2D eigenvalue weighted by Gasteiger charge is 2.46. The maximum atomic E-state index is 13.0. The predicted octanol–water partition coefficient (Wildman–Crippen LogP) is 3.34. The molecule has 2 saturated heterocycles. The van der Waals surface area contributed by atoms with Crippen LogP contribution in [-0.2, 0) is 11.3 Å². The maximum Gasteiger partial charge on any atom is 0.321 e. The van der Waals surface area contributed by atoms with E-state index in [1.54, 1.807) is 11.3 Å². The van der Waals surface area contributed by atoms with Crippen LogP contribution >= 0.6 is 11.3 Å². The maximum absolute atomic E-state index is 13.0. The molecule has 7 heteroatoms. The number of nitrogens with zero attached hydrogens (tertiary/aromatic N) is 3. The number of para-hydroxylation sites is 1. The Morgan fingerprint density at radius 1 is 1.10 bits per heavy atom. The molecule has 0 radical (unpaired) electrons. The summed E-state index contributed by atoms with van der Waals surface area (Å²) in [5, 5.41) is 5.11. The van der Waals surface area contributed by atoms with Gasteiger partial charge in [0.25, 0.3) is 0 Å². The number of carbonyl (C=O) groups is 2. The SMILES string of the molecule is CCN1C[C@]2(CC1=O)CN(Cc1cccs1)CCN(C(=O)Nc1ccccc1)C2. The van der Waals surface area contributed by atoms with Gasteiger partial charge in [-0.2, -0.15) is 0 Å². The first kappa shape index (κ1) is 19.9.